The van der Waals surface area contributed by atoms with Gasteiger partial charge in [0.25, 0.3) is 10.0 Å². The highest BCUT2D eigenvalue weighted by Gasteiger charge is 2.20. The molecule has 9 heteroatoms. The van der Waals surface area contributed by atoms with Crippen LogP contribution in [0, 0.1) is 0 Å². The highest BCUT2D eigenvalue weighted by molar-refractivity contribution is 7.92. The molecule has 0 atom stereocenters. The molecular weight excluding hydrogens is 462 g/mol. The number of hydrogen-bond acceptors (Lipinski definition) is 6. The van der Waals surface area contributed by atoms with Crippen LogP contribution in [0.2, 0.25) is 0 Å². The van der Waals surface area contributed by atoms with E-state index in [1.807, 2.05) is 42.5 Å². The van der Waals surface area contributed by atoms with Gasteiger partial charge in [-0.25, -0.2) is 8.42 Å². The fourth-order valence-electron chi connectivity index (χ4n) is 3.79. The predicted molar refractivity (Wildman–Crippen MR) is 132 cm³/mol. The molecule has 0 radical (unpaired) electrons. The van der Waals surface area contributed by atoms with Gasteiger partial charge in [0.2, 0.25) is 0 Å². The van der Waals surface area contributed by atoms with Gasteiger partial charge in [0.15, 0.2) is 5.58 Å². The lowest BCUT2D eigenvalue weighted by Crippen LogP contribution is -2.43. The van der Waals surface area contributed by atoms with Crippen molar-refractivity contribution < 1.29 is 17.6 Å². The minimum Gasteiger partial charge on any atom is -0.462 e. The van der Waals surface area contributed by atoms with Gasteiger partial charge in [0.1, 0.15) is 11.5 Å². The highest BCUT2D eigenvalue weighted by atomic mass is 35.5. The molecule has 1 aliphatic heterocycles. The molecule has 0 unspecified atom stereocenters. The van der Waals surface area contributed by atoms with Gasteiger partial charge in [-0.05, 0) is 54.6 Å². The van der Waals surface area contributed by atoms with Gasteiger partial charge in [0.05, 0.1) is 22.5 Å². The van der Waals surface area contributed by atoms with Gasteiger partial charge in [-0.2, -0.15) is 0 Å². The van der Waals surface area contributed by atoms with Crippen LogP contribution in [-0.2, 0) is 10.0 Å². The van der Waals surface area contributed by atoms with Crippen molar-refractivity contribution >= 4 is 44.8 Å². The fraction of sp³-hybridized carbons (Fsp3) is 0.167. The van der Waals surface area contributed by atoms with Crippen molar-refractivity contribution in [2.75, 3.05) is 35.8 Å². The minimum absolute atomic E-state index is 0. The van der Waals surface area contributed by atoms with Crippen molar-refractivity contribution in [2.24, 2.45) is 0 Å². The normalized spacial score (nSPS) is 14.0. The number of piperazine rings is 1. The standard InChI is InChI=1S/C24H23N3O4S.ClH/c28-32(29,22-8-6-21(7-9-22)31-20-4-2-1-3-5-20)26-19-16-18-10-15-30-24(18)23(17-19)27-13-11-25-12-14-27;/h1-10,15-17,25-26H,11-14H2;1H. The Morgan fingerprint density at radius 3 is 2.33 bits per heavy atom. The molecule has 172 valence electrons. The maximum absolute atomic E-state index is 13.0. The number of rotatable bonds is 6. The zero-order chi connectivity index (χ0) is 22.0. The first-order valence-electron chi connectivity index (χ1n) is 10.4. The van der Waals surface area contributed by atoms with Crippen LogP contribution in [0.1, 0.15) is 0 Å². The highest BCUT2D eigenvalue weighted by Crippen LogP contribution is 2.33. The van der Waals surface area contributed by atoms with E-state index in [2.05, 4.69) is 14.9 Å². The molecule has 5 rings (SSSR count). The van der Waals surface area contributed by atoms with E-state index in [0.29, 0.717) is 17.2 Å². The molecule has 2 N–H and O–H groups in total. The molecule has 0 bridgehead atoms. The molecular formula is C24H24ClN3O4S. The Morgan fingerprint density at radius 1 is 0.909 bits per heavy atom. The molecule has 0 spiro atoms. The number of benzene rings is 3. The summed E-state index contributed by atoms with van der Waals surface area (Å²) < 4.78 is 40.2. The molecule has 1 saturated heterocycles. The molecule has 7 nitrogen and oxygen atoms in total. The van der Waals surface area contributed by atoms with Gasteiger partial charge in [-0.15, -0.1) is 12.4 Å². The number of nitrogens with one attached hydrogen (secondary N) is 2. The quantitative estimate of drug-likeness (QED) is 0.406. The monoisotopic (exact) mass is 485 g/mol. The van der Waals surface area contributed by atoms with Crippen molar-refractivity contribution in [1.29, 1.82) is 0 Å². The Kier molecular flexibility index (Phi) is 6.78. The maximum Gasteiger partial charge on any atom is 0.261 e. The van der Waals surface area contributed by atoms with Crippen LogP contribution >= 0.6 is 12.4 Å². The van der Waals surface area contributed by atoms with Crippen LogP contribution < -0.4 is 19.7 Å². The van der Waals surface area contributed by atoms with E-state index in [4.69, 9.17) is 9.15 Å². The predicted octanol–water partition coefficient (Wildman–Crippen LogP) is 4.86. The number of para-hydroxylation sites is 1. The Morgan fingerprint density at radius 2 is 1.61 bits per heavy atom. The Balaban J connectivity index is 0.00000259. The average molecular weight is 486 g/mol. The van der Waals surface area contributed by atoms with Crippen LogP contribution in [-0.4, -0.2) is 34.6 Å². The molecule has 0 aliphatic carbocycles. The Bertz CT molecular complexity index is 1320. The molecule has 4 aromatic rings. The van der Waals surface area contributed by atoms with Gasteiger partial charge >= 0.3 is 0 Å². The summed E-state index contributed by atoms with van der Waals surface area (Å²) in [6.45, 7) is 3.40. The molecule has 1 fully saturated rings. The summed E-state index contributed by atoms with van der Waals surface area (Å²) in [7, 11) is -3.77. The van der Waals surface area contributed by atoms with Gasteiger partial charge < -0.3 is 19.4 Å². The molecule has 0 saturated carbocycles. The van der Waals surface area contributed by atoms with Crippen LogP contribution in [0.3, 0.4) is 0 Å². The van der Waals surface area contributed by atoms with Crippen molar-refractivity contribution in [3.05, 3.63) is 79.1 Å². The Hall–Kier alpha value is -3.20. The van der Waals surface area contributed by atoms with Gasteiger partial charge in [0, 0.05) is 31.6 Å². The fourth-order valence-corrected chi connectivity index (χ4v) is 4.83. The van der Waals surface area contributed by atoms with E-state index in [1.165, 1.54) is 12.1 Å². The first kappa shape index (κ1) is 23.0. The second kappa shape index (κ2) is 9.74. The van der Waals surface area contributed by atoms with Gasteiger partial charge in [-0.1, -0.05) is 18.2 Å². The van der Waals surface area contributed by atoms with E-state index >= 15 is 0 Å². The number of furan rings is 1. The Labute approximate surface area is 198 Å². The van der Waals surface area contributed by atoms with Crippen LogP contribution in [0.15, 0.2) is 88.4 Å². The first-order chi connectivity index (χ1) is 15.6. The van der Waals surface area contributed by atoms with Crippen LogP contribution in [0.25, 0.3) is 11.0 Å². The van der Waals surface area contributed by atoms with E-state index in [0.717, 1.165) is 42.8 Å². The van der Waals surface area contributed by atoms with Crippen LogP contribution in [0.4, 0.5) is 11.4 Å². The summed E-state index contributed by atoms with van der Waals surface area (Å²) in [4.78, 5) is 2.37. The number of sulfonamides is 1. The van der Waals surface area contributed by atoms with E-state index in [9.17, 15) is 8.42 Å². The average Bonchev–Trinajstić information content (AvgIpc) is 3.28. The largest absolute Gasteiger partial charge is 0.462 e. The number of halogens is 1. The smallest absolute Gasteiger partial charge is 0.261 e. The zero-order valence-corrected chi connectivity index (χ0v) is 19.4. The molecule has 0 amide bonds. The second-order valence-corrected chi connectivity index (χ2v) is 9.25. The van der Waals surface area contributed by atoms with Crippen LogP contribution in [0.5, 0.6) is 11.5 Å². The van der Waals surface area contributed by atoms with Crippen molar-refractivity contribution in [3.63, 3.8) is 0 Å². The molecule has 33 heavy (non-hydrogen) atoms. The van der Waals surface area contributed by atoms with Crippen molar-refractivity contribution in [3.8, 4) is 11.5 Å². The molecule has 2 heterocycles. The lowest BCUT2D eigenvalue weighted by Gasteiger charge is -2.29. The zero-order valence-electron chi connectivity index (χ0n) is 17.7. The number of fused-ring (bicyclic) bond motifs is 1. The summed E-state index contributed by atoms with van der Waals surface area (Å²) >= 11 is 0. The molecule has 1 aliphatic rings. The molecule has 1 aromatic heterocycles. The lowest BCUT2D eigenvalue weighted by molar-refractivity contribution is 0.482. The third-order valence-corrected chi connectivity index (χ3v) is 6.75. The first-order valence-corrected chi connectivity index (χ1v) is 11.9. The SMILES string of the molecule is Cl.O=S(=O)(Nc1cc(N2CCNCC2)c2occc2c1)c1ccc(Oc2ccccc2)cc1. The number of hydrogen-bond donors (Lipinski definition) is 2. The van der Waals surface area contributed by atoms with Crippen molar-refractivity contribution in [1.82, 2.24) is 5.32 Å². The summed E-state index contributed by atoms with van der Waals surface area (Å²) in [5.41, 5.74) is 2.15. The van der Waals surface area contributed by atoms with E-state index < -0.39 is 10.0 Å². The minimum atomic E-state index is -3.77. The topological polar surface area (TPSA) is 83.8 Å². The van der Waals surface area contributed by atoms with E-state index in [1.54, 1.807) is 24.5 Å². The lowest BCUT2D eigenvalue weighted by atomic mass is 10.2. The molecule has 3 aromatic carbocycles. The van der Waals surface area contributed by atoms with E-state index in [-0.39, 0.29) is 17.3 Å². The second-order valence-electron chi connectivity index (χ2n) is 7.56. The summed E-state index contributed by atoms with van der Waals surface area (Å²) in [6, 6.07) is 21.2. The third-order valence-electron chi connectivity index (χ3n) is 5.35. The number of ether oxygens (including phenoxy) is 1. The number of anilines is 2. The summed E-state index contributed by atoms with van der Waals surface area (Å²) in [5.74, 6) is 1.26. The third kappa shape index (κ3) is 5.08. The maximum atomic E-state index is 13.0. The van der Waals surface area contributed by atoms with Crippen molar-refractivity contribution in [2.45, 2.75) is 4.90 Å². The number of nitrogens with zero attached hydrogens (tertiary/aromatic N) is 1. The summed E-state index contributed by atoms with van der Waals surface area (Å²) in [6.07, 6.45) is 1.63. The summed E-state index contributed by atoms with van der Waals surface area (Å²) in [5, 5.41) is 4.18. The van der Waals surface area contributed by atoms with Gasteiger partial charge in [-0.3, -0.25) is 4.72 Å².